The van der Waals surface area contributed by atoms with Gasteiger partial charge in [-0.3, -0.25) is 9.59 Å². The van der Waals surface area contributed by atoms with Gasteiger partial charge in [0, 0.05) is 4.47 Å². The van der Waals surface area contributed by atoms with Gasteiger partial charge in [-0.15, -0.1) is 0 Å². The van der Waals surface area contributed by atoms with Gasteiger partial charge < -0.3 is 10.5 Å². The fraction of sp³-hybridized carbons (Fsp3) is 0.111. The van der Waals surface area contributed by atoms with E-state index in [-0.39, 0.29) is 12.4 Å². The molecule has 0 unspecified atom stereocenters. The van der Waals surface area contributed by atoms with Crippen molar-refractivity contribution in [1.29, 1.82) is 0 Å². The first kappa shape index (κ1) is 18.2. The fourth-order valence-corrected chi connectivity index (χ4v) is 2.57. The zero-order valence-corrected chi connectivity index (χ0v) is 15.2. The predicted molar refractivity (Wildman–Crippen MR) is 98.4 cm³/mol. The van der Waals surface area contributed by atoms with Crippen molar-refractivity contribution in [3.63, 3.8) is 0 Å². The van der Waals surface area contributed by atoms with Crippen LogP contribution < -0.4 is 10.5 Å². The molecule has 0 bridgehead atoms. The second-order valence-electron chi connectivity index (χ2n) is 5.07. The smallest absolute Gasteiger partial charge is 0.255 e. The van der Waals surface area contributed by atoms with Crippen LogP contribution in [0.1, 0.15) is 21.5 Å². The summed E-state index contributed by atoms with van der Waals surface area (Å²) in [5, 5.41) is 0.598. The van der Waals surface area contributed by atoms with E-state index in [0.29, 0.717) is 16.3 Å². The number of rotatable bonds is 6. The SMILES string of the molecule is Cc1cccc(/C=C/C(=O)c2cc(Br)ccc2OCC(N)=O)c1Cl. The van der Waals surface area contributed by atoms with Gasteiger partial charge >= 0.3 is 0 Å². The van der Waals surface area contributed by atoms with Crippen LogP contribution >= 0.6 is 27.5 Å². The molecule has 0 atom stereocenters. The number of amides is 1. The molecular weight excluding hydrogens is 394 g/mol. The van der Waals surface area contributed by atoms with Gasteiger partial charge in [-0.25, -0.2) is 0 Å². The molecule has 1 amide bonds. The van der Waals surface area contributed by atoms with Crippen LogP contribution in [0.4, 0.5) is 0 Å². The third-order valence-electron chi connectivity index (χ3n) is 3.21. The third kappa shape index (κ3) is 4.69. The van der Waals surface area contributed by atoms with Crippen LogP contribution in [-0.4, -0.2) is 18.3 Å². The number of hydrogen-bond donors (Lipinski definition) is 1. The number of ether oxygens (including phenoxy) is 1. The van der Waals surface area contributed by atoms with E-state index in [1.807, 2.05) is 25.1 Å². The van der Waals surface area contributed by atoms with Gasteiger partial charge in [0.1, 0.15) is 5.75 Å². The number of halogens is 2. The average molecular weight is 409 g/mol. The van der Waals surface area contributed by atoms with Gasteiger partial charge in [0.25, 0.3) is 5.91 Å². The number of benzene rings is 2. The lowest BCUT2D eigenvalue weighted by atomic mass is 10.1. The summed E-state index contributed by atoms with van der Waals surface area (Å²) in [6, 6.07) is 10.5. The van der Waals surface area contributed by atoms with Gasteiger partial charge in [0.15, 0.2) is 12.4 Å². The highest BCUT2D eigenvalue weighted by atomic mass is 79.9. The summed E-state index contributed by atoms with van der Waals surface area (Å²) in [4.78, 5) is 23.4. The first-order valence-electron chi connectivity index (χ1n) is 7.06. The lowest BCUT2D eigenvalue weighted by Gasteiger charge is -2.09. The Morgan fingerprint density at radius 3 is 2.75 bits per heavy atom. The largest absolute Gasteiger partial charge is 0.483 e. The maximum Gasteiger partial charge on any atom is 0.255 e. The summed E-state index contributed by atoms with van der Waals surface area (Å²) < 4.78 is 6.01. The molecule has 0 aliphatic rings. The van der Waals surface area contributed by atoms with Crippen molar-refractivity contribution in [2.45, 2.75) is 6.92 Å². The molecule has 4 nitrogen and oxygen atoms in total. The van der Waals surface area contributed by atoms with Gasteiger partial charge in [0.05, 0.1) is 10.6 Å². The second kappa shape index (κ2) is 8.13. The summed E-state index contributed by atoms with van der Waals surface area (Å²) in [6.45, 7) is 1.60. The van der Waals surface area contributed by atoms with Crippen LogP contribution in [-0.2, 0) is 4.79 Å². The summed E-state index contributed by atoms with van der Waals surface area (Å²) in [5.41, 5.74) is 7.08. The van der Waals surface area contributed by atoms with Crippen LogP contribution in [0.5, 0.6) is 5.75 Å². The number of primary amides is 1. The van der Waals surface area contributed by atoms with Gasteiger partial charge in [0.2, 0.25) is 0 Å². The van der Waals surface area contributed by atoms with Gasteiger partial charge in [-0.2, -0.15) is 0 Å². The Balaban J connectivity index is 2.28. The van der Waals surface area contributed by atoms with Crippen molar-refractivity contribution < 1.29 is 14.3 Å². The minimum absolute atomic E-state index is 0.270. The Bertz CT molecular complexity index is 818. The molecule has 0 aromatic heterocycles. The highest BCUT2D eigenvalue weighted by molar-refractivity contribution is 9.10. The Hall–Kier alpha value is -2.11. The molecule has 24 heavy (non-hydrogen) atoms. The molecule has 0 aliphatic carbocycles. The van der Waals surface area contributed by atoms with Crippen LogP contribution in [0.2, 0.25) is 5.02 Å². The molecule has 2 aromatic carbocycles. The van der Waals surface area contributed by atoms with Crippen molar-refractivity contribution in [2.24, 2.45) is 5.73 Å². The third-order valence-corrected chi connectivity index (χ3v) is 4.22. The number of hydrogen-bond acceptors (Lipinski definition) is 3. The molecule has 2 aromatic rings. The number of aryl methyl sites for hydroxylation is 1. The fourth-order valence-electron chi connectivity index (χ4n) is 2.02. The van der Waals surface area contributed by atoms with Gasteiger partial charge in [-0.05, 0) is 48.4 Å². The maximum absolute atomic E-state index is 12.5. The summed E-state index contributed by atoms with van der Waals surface area (Å²) >= 11 is 9.53. The molecule has 124 valence electrons. The molecule has 6 heteroatoms. The molecule has 0 saturated heterocycles. The van der Waals surface area contributed by atoms with Crippen molar-refractivity contribution in [3.8, 4) is 5.75 Å². The zero-order valence-electron chi connectivity index (χ0n) is 12.9. The molecule has 0 saturated carbocycles. The quantitative estimate of drug-likeness (QED) is 0.576. The Morgan fingerprint density at radius 1 is 1.29 bits per heavy atom. The normalized spacial score (nSPS) is 10.8. The Labute approximate surface area is 153 Å². The van der Waals surface area contributed by atoms with E-state index < -0.39 is 5.91 Å². The van der Waals surface area contributed by atoms with Crippen LogP contribution in [0, 0.1) is 6.92 Å². The van der Waals surface area contributed by atoms with E-state index in [4.69, 9.17) is 22.1 Å². The van der Waals surface area contributed by atoms with Crippen LogP contribution in [0.25, 0.3) is 6.08 Å². The molecule has 2 N–H and O–H groups in total. The predicted octanol–water partition coefficient (Wildman–Crippen LogP) is 4.17. The molecule has 0 spiro atoms. The standard InChI is InChI=1S/C18H15BrClNO3/c1-11-3-2-4-12(18(11)20)5-7-15(22)14-9-13(19)6-8-16(14)24-10-17(21)23/h2-9H,10H2,1H3,(H2,21,23)/b7-5+. The lowest BCUT2D eigenvalue weighted by molar-refractivity contribution is -0.119. The number of nitrogens with two attached hydrogens (primary N) is 1. The number of allylic oxidation sites excluding steroid dienone is 1. The second-order valence-corrected chi connectivity index (χ2v) is 6.36. The summed E-state index contributed by atoms with van der Waals surface area (Å²) in [6.07, 6.45) is 3.07. The van der Waals surface area contributed by atoms with Crippen molar-refractivity contribution >= 4 is 45.3 Å². The molecule has 0 fully saturated rings. The zero-order chi connectivity index (χ0) is 17.7. The monoisotopic (exact) mass is 407 g/mol. The van der Waals surface area contributed by atoms with E-state index in [0.717, 1.165) is 15.6 Å². The van der Waals surface area contributed by atoms with E-state index in [1.54, 1.807) is 24.3 Å². The van der Waals surface area contributed by atoms with E-state index in [9.17, 15) is 9.59 Å². The van der Waals surface area contributed by atoms with Crippen molar-refractivity contribution in [1.82, 2.24) is 0 Å². The van der Waals surface area contributed by atoms with E-state index >= 15 is 0 Å². The van der Waals surface area contributed by atoms with Gasteiger partial charge in [-0.1, -0.05) is 45.7 Å². The number of carbonyl (C=O) groups excluding carboxylic acids is 2. The highest BCUT2D eigenvalue weighted by Gasteiger charge is 2.12. The van der Waals surface area contributed by atoms with Crippen molar-refractivity contribution in [3.05, 3.63) is 68.7 Å². The summed E-state index contributed by atoms with van der Waals surface area (Å²) in [5.74, 6) is -0.589. The number of carbonyl (C=O) groups is 2. The Morgan fingerprint density at radius 2 is 2.04 bits per heavy atom. The Kier molecular flexibility index (Phi) is 6.17. The first-order chi connectivity index (χ1) is 11.4. The van der Waals surface area contributed by atoms with Crippen molar-refractivity contribution in [2.75, 3.05) is 6.61 Å². The average Bonchev–Trinajstić information content (AvgIpc) is 2.54. The lowest BCUT2D eigenvalue weighted by Crippen LogP contribution is -2.20. The topological polar surface area (TPSA) is 69.4 Å². The van der Waals surface area contributed by atoms with E-state index in [2.05, 4.69) is 15.9 Å². The molecule has 0 radical (unpaired) electrons. The maximum atomic E-state index is 12.5. The number of ketones is 1. The van der Waals surface area contributed by atoms with E-state index in [1.165, 1.54) is 6.08 Å². The minimum atomic E-state index is -0.613. The van der Waals surface area contributed by atoms with Crippen LogP contribution in [0.15, 0.2) is 46.9 Å². The highest BCUT2D eigenvalue weighted by Crippen LogP contribution is 2.25. The molecule has 0 aliphatic heterocycles. The molecular formula is C18H15BrClNO3. The van der Waals surface area contributed by atoms with Crippen LogP contribution in [0.3, 0.4) is 0 Å². The summed E-state index contributed by atoms with van der Waals surface area (Å²) in [7, 11) is 0. The molecule has 2 rings (SSSR count). The molecule has 0 heterocycles. The minimum Gasteiger partial charge on any atom is -0.483 e. The first-order valence-corrected chi connectivity index (χ1v) is 8.23.